The van der Waals surface area contributed by atoms with Crippen LogP contribution in [0.15, 0.2) is 49.2 Å². The molecule has 0 bridgehead atoms. The molecular weight excluding hydrogens is 332 g/mol. The number of rotatable bonds is 3. The number of thiocarbonyl (C=S) groups is 1. The zero-order valence-electron chi connectivity index (χ0n) is 12.2. The van der Waals surface area contributed by atoms with Crippen LogP contribution in [0.4, 0.5) is 11.4 Å². The molecule has 2 N–H and O–H groups in total. The molecule has 0 saturated carbocycles. The molecular formula is C15H13ClN6S. The average Bonchev–Trinajstić information content (AvgIpc) is 3.05. The number of anilines is 2. The first-order valence-electron chi connectivity index (χ1n) is 6.77. The van der Waals surface area contributed by atoms with Crippen LogP contribution in [0.1, 0.15) is 5.56 Å². The average molecular weight is 345 g/mol. The summed E-state index contributed by atoms with van der Waals surface area (Å²) < 4.78 is 1.72. The minimum atomic E-state index is 0.481. The molecule has 0 amide bonds. The quantitative estimate of drug-likeness (QED) is 0.709. The highest BCUT2D eigenvalue weighted by Crippen LogP contribution is 2.20. The van der Waals surface area contributed by atoms with Gasteiger partial charge in [-0.3, -0.25) is 4.57 Å². The Kier molecular flexibility index (Phi) is 4.50. The molecule has 2 aromatic heterocycles. The highest BCUT2D eigenvalue weighted by atomic mass is 35.5. The van der Waals surface area contributed by atoms with Gasteiger partial charge in [-0.1, -0.05) is 11.6 Å². The second-order valence-corrected chi connectivity index (χ2v) is 5.66. The molecule has 0 fully saturated rings. The van der Waals surface area contributed by atoms with E-state index in [0.29, 0.717) is 10.1 Å². The van der Waals surface area contributed by atoms with Gasteiger partial charge in [-0.25, -0.2) is 4.98 Å². The predicted octanol–water partition coefficient (Wildman–Crippen LogP) is 3.43. The maximum Gasteiger partial charge on any atom is 0.175 e. The summed E-state index contributed by atoms with van der Waals surface area (Å²) in [5.41, 5.74) is 2.70. The molecule has 0 radical (unpaired) electrons. The van der Waals surface area contributed by atoms with Gasteiger partial charge in [-0.15, -0.1) is 10.2 Å². The van der Waals surface area contributed by atoms with Crippen LogP contribution in [0.25, 0.3) is 5.82 Å². The molecule has 0 aliphatic rings. The third-order valence-corrected chi connectivity index (χ3v) is 3.56. The summed E-state index contributed by atoms with van der Waals surface area (Å²) in [6.45, 7) is 1.96. The second-order valence-electron chi connectivity index (χ2n) is 4.81. The van der Waals surface area contributed by atoms with Gasteiger partial charge in [0.25, 0.3) is 0 Å². The number of hydrogen-bond donors (Lipinski definition) is 2. The van der Waals surface area contributed by atoms with E-state index in [1.54, 1.807) is 23.4 Å². The molecule has 3 aromatic rings. The Morgan fingerprint density at radius 1 is 1.13 bits per heavy atom. The van der Waals surface area contributed by atoms with E-state index in [9.17, 15) is 0 Å². The summed E-state index contributed by atoms with van der Waals surface area (Å²) >= 11 is 11.3. The Hall–Kier alpha value is -2.51. The molecule has 0 atom stereocenters. The van der Waals surface area contributed by atoms with Crippen molar-refractivity contribution in [2.24, 2.45) is 0 Å². The lowest BCUT2D eigenvalue weighted by Crippen LogP contribution is -2.19. The lowest BCUT2D eigenvalue weighted by molar-refractivity contribution is 0.992. The van der Waals surface area contributed by atoms with E-state index in [0.717, 1.165) is 22.8 Å². The number of halogens is 1. The van der Waals surface area contributed by atoms with Crippen LogP contribution in [0.3, 0.4) is 0 Å². The maximum atomic E-state index is 5.94. The smallest absolute Gasteiger partial charge is 0.175 e. The normalized spacial score (nSPS) is 10.3. The Balaban J connectivity index is 1.66. The summed E-state index contributed by atoms with van der Waals surface area (Å²) in [5.74, 6) is 0.730. The summed E-state index contributed by atoms with van der Waals surface area (Å²) in [7, 11) is 0. The van der Waals surface area contributed by atoms with E-state index in [1.165, 1.54) is 0 Å². The van der Waals surface area contributed by atoms with E-state index < -0.39 is 0 Å². The molecule has 3 rings (SSSR count). The molecule has 2 heterocycles. The van der Waals surface area contributed by atoms with Crippen LogP contribution < -0.4 is 10.6 Å². The number of benzene rings is 1. The first kappa shape index (κ1) is 15.4. The first-order valence-corrected chi connectivity index (χ1v) is 7.55. The van der Waals surface area contributed by atoms with Crippen LogP contribution in [0, 0.1) is 6.92 Å². The molecule has 23 heavy (non-hydrogen) atoms. The van der Waals surface area contributed by atoms with Crippen molar-refractivity contribution in [3.63, 3.8) is 0 Å². The fraction of sp³-hybridized carbons (Fsp3) is 0.0667. The van der Waals surface area contributed by atoms with Gasteiger partial charge in [0.1, 0.15) is 18.5 Å². The van der Waals surface area contributed by atoms with E-state index in [2.05, 4.69) is 25.8 Å². The standard InChI is InChI=1S/C15H13ClN6S/c1-10-6-11(16)2-4-13(10)21-15(23)20-12-3-5-14(17-7-12)22-8-18-19-9-22/h2-9H,1H3,(H2,20,21,23). The highest BCUT2D eigenvalue weighted by Gasteiger charge is 2.04. The summed E-state index contributed by atoms with van der Waals surface area (Å²) in [6, 6.07) is 9.31. The fourth-order valence-electron chi connectivity index (χ4n) is 1.98. The van der Waals surface area contributed by atoms with Gasteiger partial charge in [0.15, 0.2) is 5.11 Å². The third-order valence-electron chi connectivity index (χ3n) is 3.13. The first-order chi connectivity index (χ1) is 11.1. The maximum absolute atomic E-state index is 5.94. The monoisotopic (exact) mass is 344 g/mol. The van der Waals surface area contributed by atoms with E-state index >= 15 is 0 Å². The predicted molar refractivity (Wildman–Crippen MR) is 95.2 cm³/mol. The molecule has 0 aliphatic carbocycles. The number of aromatic nitrogens is 4. The Bertz CT molecular complexity index is 816. The Morgan fingerprint density at radius 3 is 2.57 bits per heavy atom. The number of nitrogens with zero attached hydrogens (tertiary/aromatic N) is 4. The summed E-state index contributed by atoms with van der Waals surface area (Å²) in [6.07, 6.45) is 4.87. The number of aryl methyl sites for hydroxylation is 1. The molecule has 1 aromatic carbocycles. The molecule has 6 nitrogen and oxygen atoms in total. The summed E-state index contributed by atoms with van der Waals surface area (Å²) in [4.78, 5) is 4.33. The van der Waals surface area contributed by atoms with Gasteiger partial charge in [-0.05, 0) is 55.0 Å². The number of hydrogen-bond acceptors (Lipinski definition) is 4. The molecule has 0 aliphatic heterocycles. The van der Waals surface area contributed by atoms with Crippen molar-refractivity contribution in [1.29, 1.82) is 0 Å². The Morgan fingerprint density at radius 2 is 1.91 bits per heavy atom. The van der Waals surface area contributed by atoms with Crippen molar-refractivity contribution in [2.45, 2.75) is 6.92 Å². The van der Waals surface area contributed by atoms with Crippen molar-refractivity contribution in [3.05, 3.63) is 59.8 Å². The van der Waals surface area contributed by atoms with Crippen LogP contribution >= 0.6 is 23.8 Å². The zero-order valence-corrected chi connectivity index (χ0v) is 13.8. The largest absolute Gasteiger partial charge is 0.332 e. The fourth-order valence-corrected chi connectivity index (χ4v) is 2.44. The summed E-state index contributed by atoms with van der Waals surface area (Å²) in [5, 5.41) is 14.9. The van der Waals surface area contributed by atoms with Gasteiger partial charge in [0, 0.05) is 10.7 Å². The van der Waals surface area contributed by atoms with Crippen molar-refractivity contribution in [1.82, 2.24) is 19.7 Å². The Labute approximate surface area is 143 Å². The van der Waals surface area contributed by atoms with Crippen molar-refractivity contribution >= 4 is 40.3 Å². The minimum absolute atomic E-state index is 0.481. The SMILES string of the molecule is Cc1cc(Cl)ccc1NC(=S)Nc1ccc(-n2cnnc2)nc1. The molecule has 116 valence electrons. The van der Waals surface area contributed by atoms with Gasteiger partial charge in [-0.2, -0.15) is 0 Å². The van der Waals surface area contributed by atoms with E-state index in [4.69, 9.17) is 23.8 Å². The molecule has 0 unspecified atom stereocenters. The minimum Gasteiger partial charge on any atom is -0.332 e. The van der Waals surface area contributed by atoms with Crippen molar-refractivity contribution in [2.75, 3.05) is 10.6 Å². The zero-order chi connectivity index (χ0) is 16.2. The van der Waals surface area contributed by atoms with Crippen LogP contribution in [-0.2, 0) is 0 Å². The van der Waals surface area contributed by atoms with Gasteiger partial charge < -0.3 is 10.6 Å². The number of pyridine rings is 1. The van der Waals surface area contributed by atoms with Gasteiger partial charge in [0.2, 0.25) is 0 Å². The highest BCUT2D eigenvalue weighted by molar-refractivity contribution is 7.80. The second kappa shape index (κ2) is 6.72. The van der Waals surface area contributed by atoms with Crippen molar-refractivity contribution < 1.29 is 0 Å². The van der Waals surface area contributed by atoms with E-state index in [-0.39, 0.29) is 0 Å². The van der Waals surface area contributed by atoms with Crippen molar-refractivity contribution in [3.8, 4) is 5.82 Å². The topological polar surface area (TPSA) is 67.7 Å². The van der Waals surface area contributed by atoms with Gasteiger partial charge >= 0.3 is 0 Å². The molecule has 0 saturated heterocycles. The lowest BCUT2D eigenvalue weighted by Gasteiger charge is -2.12. The third kappa shape index (κ3) is 3.82. The lowest BCUT2D eigenvalue weighted by atomic mass is 10.2. The van der Waals surface area contributed by atoms with E-state index in [1.807, 2.05) is 37.3 Å². The molecule has 8 heteroatoms. The van der Waals surface area contributed by atoms with Crippen LogP contribution in [0.5, 0.6) is 0 Å². The van der Waals surface area contributed by atoms with Crippen LogP contribution in [0.2, 0.25) is 5.02 Å². The van der Waals surface area contributed by atoms with Gasteiger partial charge in [0.05, 0.1) is 11.9 Å². The van der Waals surface area contributed by atoms with Crippen LogP contribution in [-0.4, -0.2) is 24.9 Å². The number of nitrogens with one attached hydrogen (secondary N) is 2. The molecule has 0 spiro atoms.